The SMILES string of the molecule is CC(C)(C)c1cc2c3c(c1)-n1c4c(c5cc(C(C)(C)C)cc(c51)B3c1cc3c(cc1N2c1ccc2c(c1)C(C)(C)CCC2(C)C)C(C)(C)CCC3(C)C)C(C)(C)c1ccccc1-4. The van der Waals surface area contributed by atoms with Gasteiger partial charge in [-0.25, -0.2) is 0 Å². The van der Waals surface area contributed by atoms with E-state index in [-0.39, 0.29) is 44.6 Å². The molecule has 0 bridgehead atoms. The third-order valence-corrected chi connectivity index (χ3v) is 17.2. The highest BCUT2D eigenvalue weighted by Crippen LogP contribution is 2.56. The van der Waals surface area contributed by atoms with E-state index in [1.807, 2.05) is 0 Å². The van der Waals surface area contributed by atoms with Gasteiger partial charge in [0.1, 0.15) is 0 Å². The minimum absolute atomic E-state index is 0.0242. The van der Waals surface area contributed by atoms with Crippen molar-refractivity contribution in [1.82, 2.24) is 4.57 Å². The quantitative estimate of drug-likeness (QED) is 0.150. The molecule has 6 aromatic rings. The number of fused-ring (bicyclic) bond motifs is 11. The van der Waals surface area contributed by atoms with Gasteiger partial charge in [0.25, 0.3) is 6.71 Å². The first-order valence-corrected chi connectivity index (χ1v) is 23.9. The highest BCUT2D eigenvalue weighted by Gasteiger charge is 2.50. The van der Waals surface area contributed by atoms with E-state index in [1.54, 1.807) is 5.56 Å². The minimum atomic E-state index is -0.143. The molecule has 3 heteroatoms. The summed E-state index contributed by atoms with van der Waals surface area (Å²) in [5.41, 5.74) is 25.9. The van der Waals surface area contributed by atoms with E-state index in [9.17, 15) is 0 Å². The van der Waals surface area contributed by atoms with Crippen LogP contribution < -0.4 is 21.3 Å². The number of rotatable bonds is 1. The molecule has 3 aliphatic carbocycles. The molecule has 2 nitrogen and oxygen atoms in total. The first-order valence-electron chi connectivity index (χ1n) is 23.9. The Morgan fingerprint density at radius 1 is 0.500 bits per heavy atom. The maximum Gasteiger partial charge on any atom is 0.252 e. The van der Waals surface area contributed by atoms with Crippen molar-refractivity contribution in [1.29, 1.82) is 0 Å². The molecular weight excluding hydrogens is 747 g/mol. The summed E-state index contributed by atoms with van der Waals surface area (Å²) in [4.78, 5) is 2.74. The molecule has 62 heavy (non-hydrogen) atoms. The molecule has 0 amide bonds. The monoisotopic (exact) mass is 817 g/mol. The highest BCUT2D eigenvalue weighted by atomic mass is 15.2. The van der Waals surface area contributed by atoms with Crippen LogP contribution in [0.2, 0.25) is 0 Å². The van der Waals surface area contributed by atoms with Crippen molar-refractivity contribution in [2.45, 2.75) is 174 Å². The first-order chi connectivity index (χ1) is 28.7. The first kappa shape index (κ1) is 40.3. The van der Waals surface area contributed by atoms with Crippen molar-refractivity contribution in [2.75, 3.05) is 4.90 Å². The maximum atomic E-state index is 2.76. The van der Waals surface area contributed by atoms with Gasteiger partial charge in [-0.1, -0.05) is 153 Å². The van der Waals surface area contributed by atoms with E-state index in [0.717, 1.165) is 0 Å². The van der Waals surface area contributed by atoms with Crippen LogP contribution in [0.3, 0.4) is 0 Å². The van der Waals surface area contributed by atoms with Crippen molar-refractivity contribution in [3.63, 3.8) is 0 Å². The highest BCUT2D eigenvalue weighted by molar-refractivity contribution is 7.00. The third-order valence-electron chi connectivity index (χ3n) is 17.2. The van der Waals surface area contributed by atoms with Crippen molar-refractivity contribution in [2.24, 2.45) is 0 Å². The van der Waals surface area contributed by atoms with Crippen molar-refractivity contribution in [3.05, 3.63) is 123 Å². The summed E-state index contributed by atoms with van der Waals surface area (Å²) >= 11 is 0. The summed E-state index contributed by atoms with van der Waals surface area (Å²) in [7, 11) is 0. The molecule has 0 saturated carbocycles. The molecule has 318 valence electrons. The Balaban J connectivity index is 1.34. The van der Waals surface area contributed by atoms with Gasteiger partial charge in [0.2, 0.25) is 0 Å². The van der Waals surface area contributed by atoms with Gasteiger partial charge in [0.15, 0.2) is 0 Å². The fourth-order valence-corrected chi connectivity index (χ4v) is 13.0. The fourth-order valence-electron chi connectivity index (χ4n) is 13.0. The van der Waals surface area contributed by atoms with E-state index in [0.29, 0.717) is 0 Å². The minimum Gasteiger partial charge on any atom is -0.311 e. The zero-order valence-electron chi connectivity index (χ0n) is 40.8. The summed E-state index contributed by atoms with van der Waals surface area (Å²) in [6, 6.07) is 32.7. The molecule has 0 unspecified atom stereocenters. The summed E-state index contributed by atoms with van der Waals surface area (Å²) < 4.78 is 2.76. The van der Waals surface area contributed by atoms with Crippen LogP contribution in [-0.2, 0) is 37.9 Å². The van der Waals surface area contributed by atoms with Gasteiger partial charge in [-0.2, -0.15) is 0 Å². The van der Waals surface area contributed by atoms with E-state index in [1.165, 1.54) is 126 Å². The second kappa shape index (κ2) is 12.0. The lowest BCUT2D eigenvalue weighted by Crippen LogP contribution is -2.61. The maximum absolute atomic E-state index is 2.76. The average Bonchev–Trinajstić information content (AvgIpc) is 3.66. The van der Waals surface area contributed by atoms with Crippen LogP contribution in [0.15, 0.2) is 78.9 Å². The number of anilines is 3. The molecule has 5 aliphatic rings. The molecule has 0 saturated heterocycles. The topological polar surface area (TPSA) is 8.17 Å². The van der Waals surface area contributed by atoms with E-state index in [4.69, 9.17) is 0 Å². The van der Waals surface area contributed by atoms with Crippen LogP contribution >= 0.6 is 0 Å². The number of aromatic nitrogens is 1. The Labute approximate surface area is 373 Å². The van der Waals surface area contributed by atoms with Crippen LogP contribution in [0.1, 0.15) is 181 Å². The number of nitrogens with zero attached hydrogens (tertiary/aromatic N) is 2. The lowest BCUT2D eigenvalue weighted by molar-refractivity contribution is 0.332. The Hall–Kier alpha value is -4.50. The third kappa shape index (κ3) is 5.23. The van der Waals surface area contributed by atoms with Crippen molar-refractivity contribution >= 4 is 51.1 Å². The molecular formula is C59H69BN2. The number of benzene rings is 5. The van der Waals surface area contributed by atoms with Gasteiger partial charge in [0, 0.05) is 44.6 Å². The molecule has 0 N–H and O–H groups in total. The smallest absolute Gasteiger partial charge is 0.252 e. The lowest BCUT2D eigenvalue weighted by Gasteiger charge is -2.47. The largest absolute Gasteiger partial charge is 0.311 e. The van der Waals surface area contributed by atoms with E-state index >= 15 is 0 Å². The molecule has 11 rings (SSSR count). The summed E-state index contributed by atoms with van der Waals surface area (Å²) in [6.45, 7) is 39.4. The molecule has 0 spiro atoms. The Morgan fingerprint density at radius 2 is 1.05 bits per heavy atom. The Morgan fingerprint density at radius 3 is 1.68 bits per heavy atom. The van der Waals surface area contributed by atoms with Crippen LogP contribution in [0.5, 0.6) is 0 Å². The number of hydrogen-bond acceptors (Lipinski definition) is 1. The van der Waals surface area contributed by atoms with Gasteiger partial charge in [-0.05, 0) is 155 Å². The second-order valence-corrected chi connectivity index (χ2v) is 25.6. The average molecular weight is 817 g/mol. The van der Waals surface area contributed by atoms with E-state index in [2.05, 4.69) is 199 Å². The fraction of sp³-hybridized carbons (Fsp3) is 0.458. The van der Waals surface area contributed by atoms with Crippen LogP contribution in [0.25, 0.3) is 27.8 Å². The van der Waals surface area contributed by atoms with Gasteiger partial charge >= 0.3 is 0 Å². The van der Waals surface area contributed by atoms with Crippen molar-refractivity contribution in [3.8, 4) is 16.9 Å². The standard InChI is InChI=1S/C59H69BN2/c1-53(2,3)34-27-38-49-52(37-19-17-18-20-39(37)59(49,15)16)62-48-30-35(54(4,5)6)29-47-50(48)60(45(28-34)51(38)62)44-32-42-43(58(13,14)26-25-57(42,11)12)33-46(44)61(47)36-21-22-40-41(31-36)56(9,10)24-23-55(40,7)8/h17-22,27-33H,23-26H2,1-16H3. The van der Waals surface area contributed by atoms with E-state index < -0.39 is 0 Å². The molecule has 0 radical (unpaired) electrons. The second-order valence-electron chi connectivity index (χ2n) is 25.6. The molecule has 1 aromatic heterocycles. The van der Waals surface area contributed by atoms with Gasteiger partial charge in [-0.15, -0.1) is 0 Å². The molecule has 0 fully saturated rings. The van der Waals surface area contributed by atoms with Crippen LogP contribution in [0, 0.1) is 0 Å². The van der Waals surface area contributed by atoms with Gasteiger partial charge in [0.05, 0.1) is 5.69 Å². The Bertz CT molecular complexity index is 2960. The normalized spacial score (nSPS) is 20.3. The van der Waals surface area contributed by atoms with Crippen LogP contribution in [-0.4, -0.2) is 11.3 Å². The van der Waals surface area contributed by atoms with Crippen molar-refractivity contribution < 1.29 is 0 Å². The molecule has 3 heterocycles. The molecule has 0 atom stereocenters. The number of hydrogen-bond donors (Lipinski definition) is 0. The zero-order valence-corrected chi connectivity index (χ0v) is 40.8. The molecule has 2 aliphatic heterocycles. The summed E-state index contributed by atoms with van der Waals surface area (Å²) in [6.07, 6.45) is 4.79. The van der Waals surface area contributed by atoms with Gasteiger partial charge < -0.3 is 9.47 Å². The predicted molar refractivity (Wildman–Crippen MR) is 268 cm³/mol. The zero-order chi connectivity index (χ0) is 44.2. The summed E-state index contributed by atoms with van der Waals surface area (Å²) in [5, 5.41) is 1.43. The lowest BCUT2D eigenvalue weighted by atomic mass is 9.33. The van der Waals surface area contributed by atoms with Crippen LogP contribution in [0.4, 0.5) is 17.1 Å². The van der Waals surface area contributed by atoms with Gasteiger partial charge in [-0.3, -0.25) is 0 Å². The molecule has 5 aromatic carbocycles. The predicted octanol–water partition coefficient (Wildman–Crippen LogP) is 13.8. The Kier molecular flexibility index (Phi) is 7.79. The summed E-state index contributed by atoms with van der Waals surface area (Å²) in [5.74, 6) is 0.